The number of nitrogens with one attached hydrogen (secondary N) is 2. The van der Waals surface area contributed by atoms with Gasteiger partial charge < -0.3 is 15.0 Å². The van der Waals surface area contributed by atoms with Gasteiger partial charge in [0.05, 0.1) is 12.6 Å². The fourth-order valence-corrected chi connectivity index (χ4v) is 2.46. The summed E-state index contributed by atoms with van der Waals surface area (Å²) in [6, 6.07) is 10.6. The highest BCUT2D eigenvalue weighted by Crippen LogP contribution is 2.14. The normalized spacial score (nSPS) is 10.6. The van der Waals surface area contributed by atoms with Crippen molar-refractivity contribution >= 4 is 16.8 Å². The average Bonchev–Trinajstić information content (AvgIpc) is 2.60. The summed E-state index contributed by atoms with van der Waals surface area (Å²) in [5.41, 5.74) is 2.00. The van der Waals surface area contributed by atoms with E-state index in [1.165, 1.54) is 0 Å². The summed E-state index contributed by atoms with van der Waals surface area (Å²) in [5.74, 6) is 0.330. The number of fused-ring (bicyclic) bond motifs is 1. The molecule has 0 spiro atoms. The molecule has 1 amide bonds. The molecule has 0 aliphatic heterocycles. The van der Waals surface area contributed by atoms with Gasteiger partial charge in [0.15, 0.2) is 0 Å². The molecule has 2 N–H and O–H groups in total. The van der Waals surface area contributed by atoms with Gasteiger partial charge in [0, 0.05) is 23.8 Å². The maximum Gasteiger partial charge on any atom is 0.261 e. The van der Waals surface area contributed by atoms with Crippen molar-refractivity contribution < 1.29 is 9.53 Å². The van der Waals surface area contributed by atoms with Gasteiger partial charge >= 0.3 is 0 Å². The second-order valence-electron chi connectivity index (χ2n) is 5.40. The van der Waals surface area contributed by atoms with Crippen molar-refractivity contribution in [2.45, 2.75) is 13.5 Å². The van der Waals surface area contributed by atoms with E-state index in [0.29, 0.717) is 12.1 Å². The topological polar surface area (TPSA) is 84.1 Å². The van der Waals surface area contributed by atoms with E-state index in [0.717, 1.165) is 22.4 Å². The lowest BCUT2D eigenvalue weighted by molar-refractivity contribution is 0.0949. The maximum atomic E-state index is 12.3. The minimum absolute atomic E-state index is 0.0760. The number of pyridine rings is 2. The maximum absolute atomic E-state index is 12.3. The van der Waals surface area contributed by atoms with Crippen molar-refractivity contribution in [3.63, 3.8) is 0 Å². The van der Waals surface area contributed by atoms with E-state index < -0.39 is 11.5 Å². The van der Waals surface area contributed by atoms with E-state index >= 15 is 0 Å². The minimum Gasteiger partial charge on any atom is -0.497 e. The first-order chi connectivity index (χ1) is 11.6. The standard InChI is InChI=1S/C18H17N3O3/c1-11-14-9-15(18(23)21-16(14)7-8-19-11)17(22)20-10-12-3-5-13(24-2)6-4-12/h3-9H,10H2,1-2H3,(H,20,22)(H,21,23). The number of hydrogen-bond acceptors (Lipinski definition) is 4. The van der Waals surface area contributed by atoms with E-state index in [-0.39, 0.29) is 5.56 Å². The number of carbonyl (C=O) groups is 1. The van der Waals surface area contributed by atoms with E-state index in [2.05, 4.69) is 15.3 Å². The van der Waals surface area contributed by atoms with Gasteiger partial charge in [0.25, 0.3) is 11.5 Å². The lowest BCUT2D eigenvalue weighted by Gasteiger charge is -2.07. The average molecular weight is 323 g/mol. The fraction of sp³-hybridized carbons (Fsp3) is 0.167. The van der Waals surface area contributed by atoms with Gasteiger partial charge in [-0.15, -0.1) is 0 Å². The third-order valence-electron chi connectivity index (χ3n) is 3.83. The fourth-order valence-electron chi connectivity index (χ4n) is 2.46. The number of carbonyl (C=O) groups excluding carboxylic acids is 1. The summed E-state index contributed by atoms with van der Waals surface area (Å²) in [7, 11) is 1.60. The molecule has 0 atom stereocenters. The van der Waals surface area contributed by atoms with Crippen molar-refractivity contribution in [3.8, 4) is 5.75 Å². The first-order valence-electron chi connectivity index (χ1n) is 7.48. The molecule has 0 radical (unpaired) electrons. The zero-order chi connectivity index (χ0) is 17.1. The zero-order valence-electron chi connectivity index (χ0n) is 13.4. The number of rotatable bonds is 4. The number of aromatic amines is 1. The van der Waals surface area contributed by atoms with Gasteiger partial charge in [-0.3, -0.25) is 14.6 Å². The lowest BCUT2D eigenvalue weighted by Crippen LogP contribution is -2.29. The number of methoxy groups -OCH3 is 1. The van der Waals surface area contributed by atoms with E-state index in [1.807, 2.05) is 31.2 Å². The molecule has 0 saturated carbocycles. The number of amides is 1. The van der Waals surface area contributed by atoms with Crippen LogP contribution in [0.5, 0.6) is 5.75 Å². The number of hydrogen-bond donors (Lipinski definition) is 2. The quantitative estimate of drug-likeness (QED) is 0.771. The Morgan fingerprint density at radius 1 is 1.25 bits per heavy atom. The molecule has 0 saturated heterocycles. The van der Waals surface area contributed by atoms with Gasteiger partial charge in [-0.1, -0.05) is 12.1 Å². The van der Waals surface area contributed by atoms with Gasteiger partial charge in [-0.05, 0) is 36.8 Å². The molecule has 2 aromatic heterocycles. The Morgan fingerprint density at radius 3 is 2.71 bits per heavy atom. The Labute approximate surface area is 138 Å². The molecule has 122 valence electrons. The molecule has 0 aliphatic carbocycles. The number of H-pyrrole nitrogens is 1. The predicted molar refractivity (Wildman–Crippen MR) is 91.3 cm³/mol. The predicted octanol–water partition coefficient (Wildman–Crippen LogP) is 2.17. The second kappa shape index (κ2) is 6.54. The zero-order valence-corrected chi connectivity index (χ0v) is 13.4. The van der Waals surface area contributed by atoms with Crippen molar-refractivity contribution in [3.05, 3.63) is 69.8 Å². The monoisotopic (exact) mass is 323 g/mol. The molecule has 3 rings (SSSR count). The van der Waals surface area contributed by atoms with Crippen molar-refractivity contribution in [1.29, 1.82) is 0 Å². The van der Waals surface area contributed by atoms with Crippen LogP contribution in [0.2, 0.25) is 0 Å². The highest BCUT2D eigenvalue weighted by Gasteiger charge is 2.12. The lowest BCUT2D eigenvalue weighted by atomic mass is 10.1. The molecule has 1 aromatic carbocycles. The van der Waals surface area contributed by atoms with Crippen LogP contribution >= 0.6 is 0 Å². The number of aryl methyl sites for hydroxylation is 1. The number of aromatic nitrogens is 2. The Hall–Kier alpha value is -3.15. The third kappa shape index (κ3) is 3.12. The summed E-state index contributed by atoms with van der Waals surface area (Å²) >= 11 is 0. The Balaban J connectivity index is 1.81. The minimum atomic E-state index is -0.419. The molecule has 0 unspecified atom stereocenters. The molecule has 0 fully saturated rings. The van der Waals surface area contributed by atoms with Gasteiger partial charge in [-0.2, -0.15) is 0 Å². The summed E-state index contributed by atoms with van der Waals surface area (Å²) in [6.45, 7) is 2.16. The van der Waals surface area contributed by atoms with Crippen LogP contribution in [0.4, 0.5) is 0 Å². The molecule has 6 nitrogen and oxygen atoms in total. The number of ether oxygens (including phenoxy) is 1. The largest absolute Gasteiger partial charge is 0.497 e. The van der Waals surface area contributed by atoms with Crippen LogP contribution in [0.15, 0.2) is 47.4 Å². The van der Waals surface area contributed by atoms with E-state index in [4.69, 9.17) is 4.74 Å². The molecular weight excluding hydrogens is 306 g/mol. The molecule has 6 heteroatoms. The Bertz CT molecular complexity index is 946. The van der Waals surface area contributed by atoms with Gasteiger partial charge in [0.2, 0.25) is 0 Å². The number of nitrogens with zero attached hydrogens (tertiary/aromatic N) is 1. The molecule has 2 heterocycles. The summed E-state index contributed by atoms with van der Waals surface area (Å²) in [4.78, 5) is 31.4. The van der Waals surface area contributed by atoms with Crippen LogP contribution in [-0.4, -0.2) is 23.0 Å². The molecular formula is C18H17N3O3. The Kier molecular flexibility index (Phi) is 4.29. The van der Waals surface area contributed by atoms with Crippen LogP contribution in [0.25, 0.3) is 10.9 Å². The molecule has 3 aromatic rings. The van der Waals surface area contributed by atoms with Gasteiger partial charge in [0.1, 0.15) is 11.3 Å². The second-order valence-corrected chi connectivity index (χ2v) is 5.40. The van der Waals surface area contributed by atoms with Crippen LogP contribution in [-0.2, 0) is 6.54 Å². The highest BCUT2D eigenvalue weighted by atomic mass is 16.5. The van der Waals surface area contributed by atoms with Crippen LogP contribution in [0, 0.1) is 6.92 Å². The number of benzene rings is 1. The van der Waals surface area contributed by atoms with Gasteiger partial charge in [-0.25, -0.2) is 0 Å². The molecule has 0 aliphatic rings. The van der Waals surface area contributed by atoms with Crippen LogP contribution < -0.4 is 15.6 Å². The summed E-state index contributed by atoms with van der Waals surface area (Å²) in [6.07, 6.45) is 1.62. The van der Waals surface area contributed by atoms with Crippen LogP contribution in [0.3, 0.4) is 0 Å². The van der Waals surface area contributed by atoms with Crippen molar-refractivity contribution in [2.24, 2.45) is 0 Å². The van der Waals surface area contributed by atoms with Crippen LogP contribution in [0.1, 0.15) is 21.6 Å². The first kappa shape index (κ1) is 15.7. The smallest absolute Gasteiger partial charge is 0.261 e. The van der Waals surface area contributed by atoms with E-state index in [1.54, 1.807) is 25.4 Å². The van der Waals surface area contributed by atoms with Crippen molar-refractivity contribution in [2.75, 3.05) is 7.11 Å². The summed E-state index contributed by atoms with van der Waals surface area (Å²) < 4.78 is 5.09. The summed E-state index contributed by atoms with van der Waals surface area (Å²) in [5, 5.41) is 3.51. The highest BCUT2D eigenvalue weighted by molar-refractivity contribution is 5.97. The third-order valence-corrected chi connectivity index (χ3v) is 3.83. The first-order valence-corrected chi connectivity index (χ1v) is 7.48. The SMILES string of the molecule is COc1ccc(CNC(=O)c2cc3c(C)nccc3[nH]c2=O)cc1. The molecule has 24 heavy (non-hydrogen) atoms. The van der Waals surface area contributed by atoms with E-state index in [9.17, 15) is 9.59 Å². The molecule has 0 bridgehead atoms. The van der Waals surface area contributed by atoms with Crippen molar-refractivity contribution in [1.82, 2.24) is 15.3 Å². The Morgan fingerprint density at radius 2 is 2.00 bits per heavy atom.